The van der Waals surface area contributed by atoms with E-state index in [1.165, 1.54) is 0 Å². The number of guanidine groups is 1. The lowest BCUT2D eigenvalue weighted by Gasteiger charge is -2.26. The summed E-state index contributed by atoms with van der Waals surface area (Å²) >= 11 is 6.20. The van der Waals surface area contributed by atoms with Gasteiger partial charge in [-0.05, 0) is 30.3 Å². The van der Waals surface area contributed by atoms with Crippen molar-refractivity contribution >= 4 is 40.0 Å². The largest absolute Gasteiger partial charge is 0.495 e. The van der Waals surface area contributed by atoms with Crippen molar-refractivity contribution in [1.82, 2.24) is 4.57 Å². The Hall–Kier alpha value is -2.66. The van der Waals surface area contributed by atoms with Crippen molar-refractivity contribution in [3.8, 4) is 5.75 Å². The van der Waals surface area contributed by atoms with Gasteiger partial charge in [-0.2, -0.15) is 0 Å². The Bertz CT molecular complexity index is 917. The molecule has 0 atom stereocenters. The van der Waals surface area contributed by atoms with Gasteiger partial charge in [0.1, 0.15) is 11.6 Å². The number of aliphatic imine (C=N–C) groups is 1. The molecule has 0 amide bonds. The number of anilines is 2. The highest BCUT2D eigenvalue weighted by Crippen LogP contribution is 2.37. The Kier molecular flexibility index (Phi) is 4.36. The molecule has 1 heterocycles. The van der Waals surface area contributed by atoms with Crippen LogP contribution in [0.2, 0.25) is 5.02 Å². The number of methoxy groups -OCH3 is 1. The Balaban J connectivity index is 2.28. The molecule has 0 saturated carbocycles. The van der Waals surface area contributed by atoms with E-state index in [-0.39, 0.29) is 0 Å². The van der Waals surface area contributed by atoms with Crippen LogP contribution in [0.1, 0.15) is 0 Å². The van der Waals surface area contributed by atoms with E-state index in [1.54, 1.807) is 20.2 Å². The topological polar surface area (TPSA) is 55.8 Å². The predicted octanol–water partition coefficient (Wildman–Crippen LogP) is 3.92. The lowest BCUT2D eigenvalue weighted by molar-refractivity contribution is 0.416. The molecule has 0 aliphatic heterocycles. The van der Waals surface area contributed by atoms with Crippen LogP contribution in [-0.2, 0) is 7.05 Å². The second kappa shape index (κ2) is 6.45. The fourth-order valence-electron chi connectivity index (χ4n) is 2.79. The monoisotopic (exact) mass is 342 g/mol. The summed E-state index contributed by atoms with van der Waals surface area (Å²) in [5.74, 6) is 1.89. The lowest BCUT2D eigenvalue weighted by Crippen LogP contribution is -2.34. The number of para-hydroxylation sites is 1. The number of hydrogen-bond donors (Lipinski definition) is 1. The summed E-state index contributed by atoms with van der Waals surface area (Å²) in [5.41, 5.74) is 8.04. The molecule has 5 nitrogen and oxygen atoms in total. The van der Waals surface area contributed by atoms with Crippen molar-refractivity contribution in [2.24, 2.45) is 17.8 Å². The second-order valence-corrected chi connectivity index (χ2v) is 5.79. The van der Waals surface area contributed by atoms with Crippen LogP contribution >= 0.6 is 11.6 Å². The number of hydrogen-bond acceptors (Lipinski definition) is 2. The molecule has 0 aliphatic rings. The fourth-order valence-corrected chi connectivity index (χ4v) is 2.96. The Morgan fingerprint density at radius 3 is 2.62 bits per heavy atom. The van der Waals surface area contributed by atoms with Gasteiger partial charge >= 0.3 is 0 Å². The molecule has 0 fully saturated rings. The maximum atomic E-state index is 6.21. The van der Waals surface area contributed by atoms with Crippen LogP contribution < -0.4 is 15.4 Å². The predicted molar refractivity (Wildman–Crippen MR) is 101 cm³/mol. The van der Waals surface area contributed by atoms with E-state index >= 15 is 0 Å². The molecule has 0 radical (unpaired) electrons. The van der Waals surface area contributed by atoms with E-state index in [2.05, 4.69) is 27.8 Å². The highest BCUT2D eigenvalue weighted by molar-refractivity contribution is 6.31. The van der Waals surface area contributed by atoms with Gasteiger partial charge in [0, 0.05) is 30.0 Å². The number of aryl methyl sites for hydroxylation is 1. The number of aromatic nitrogens is 1. The normalized spacial score (nSPS) is 11.8. The van der Waals surface area contributed by atoms with Gasteiger partial charge in [-0.3, -0.25) is 9.89 Å². The van der Waals surface area contributed by atoms with Crippen molar-refractivity contribution < 1.29 is 4.74 Å². The lowest BCUT2D eigenvalue weighted by atomic mass is 10.2. The third-order valence-electron chi connectivity index (χ3n) is 4.00. The first-order valence-corrected chi connectivity index (χ1v) is 7.85. The van der Waals surface area contributed by atoms with Crippen LogP contribution in [0.3, 0.4) is 0 Å². The van der Waals surface area contributed by atoms with Crippen molar-refractivity contribution in [3.63, 3.8) is 0 Å². The van der Waals surface area contributed by atoms with E-state index < -0.39 is 0 Å². The number of ether oxygens (including phenoxy) is 1. The van der Waals surface area contributed by atoms with E-state index in [9.17, 15) is 0 Å². The SMILES string of the molecule is CN=C(N)N(c1cc(Cl)ccc1OC)c1cc2ccccc2n1C. The minimum atomic E-state index is 0.349. The van der Waals surface area contributed by atoms with Crippen LogP contribution in [0.4, 0.5) is 11.5 Å². The van der Waals surface area contributed by atoms with Gasteiger partial charge in [-0.25, -0.2) is 0 Å². The number of benzene rings is 2. The molecule has 6 heteroatoms. The van der Waals surface area contributed by atoms with Crippen molar-refractivity contribution in [2.75, 3.05) is 19.1 Å². The molecular formula is C18H19ClN4O. The minimum Gasteiger partial charge on any atom is -0.495 e. The number of halogens is 1. The molecule has 1 aromatic heterocycles. The minimum absolute atomic E-state index is 0.349. The zero-order valence-corrected chi connectivity index (χ0v) is 14.6. The maximum Gasteiger partial charge on any atom is 0.201 e. The van der Waals surface area contributed by atoms with E-state index in [0.717, 1.165) is 22.4 Å². The summed E-state index contributed by atoms with van der Waals surface area (Å²) in [6, 6.07) is 15.6. The Labute approximate surface area is 145 Å². The molecule has 124 valence electrons. The molecule has 0 unspecified atom stereocenters. The quantitative estimate of drug-likeness (QED) is 0.579. The van der Waals surface area contributed by atoms with Gasteiger partial charge < -0.3 is 15.0 Å². The van der Waals surface area contributed by atoms with Crippen LogP contribution in [-0.4, -0.2) is 24.7 Å². The zero-order valence-electron chi connectivity index (χ0n) is 13.8. The van der Waals surface area contributed by atoms with Gasteiger partial charge in [-0.1, -0.05) is 29.8 Å². The zero-order chi connectivity index (χ0) is 17.3. The molecule has 0 spiro atoms. The van der Waals surface area contributed by atoms with Gasteiger partial charge in [0.2, 0.25) is 5.96 Å². The van der Waals surface area contributed by atoms with Gasteiger partial charge in [-0.15, -0.1) is 0 Å². The molecule has 3 aromatic rings. The molecule has 2 N–H and O–H groups in total. The van der Waals surface area contributed by atoms with Crippen LogP contribution in [0.25, 0.3) is 10.9 Å². The van der Waals surface area contributed by atoms with Crippen LogP contribution in [0.15, 0.2) is 53.5 Å². The smallest absolute Gasteiger partial charge is 0.201 e. The van der Waals surface area contributed by atoms with Crippen LogP contribution in [0, 0.1) is 0 Å². The van der Waals surface area contributed by atoms with Gasteiger partial charge in [0.15, 0.2) is 0 Å². The van der Waals surface area contributed by atoms with Crippen molar-refractivity contribution in [2.45, 2.75) is 0 Å². The summed E-state index contributed by atoms with van der Waals surface area (Å²) in [7, 11) is 5.26. The third-order valence-corrected chi connectivity index (χ3v) is 4.23. The Morgan fingerprint density at radius 2 is 1.96 bits per heavy atom. The van der Waals surface area contributed by atoms with Crippen molar-refractivity contribution in [1.29, 1.82) is 0 Å². The van der Waals surface area contributed by atoms with E-state index in [1.807, 2.05) is 36.2 Å². The first-order chi connectivity index (χ1) is 11.6. The molecule has 2 aromatic carbocycles. The molecule has 3 rings (SSSR count). The van der Waals surface area contributed by atoms with Crippen molar-refractivity contribution in [3.05, 3.63) is 53.6 Å². The fraction of sp³-hybridized carbons (Fsp3) is 0.167. The maximum absolute atomic E-state index is 6.21. The summed E-state index contributed by atoms with van der Waals surface area (Å²) in [5, 5.41) is 1.71. The first-order valence-electron chi connectivity index (χ1n) is 7.47. The van der Waals surface area contributed by atoms with E-state index in [4.69, 9.17) is 22.1 Å². The summed E-state index contributed by atoms with van der Waals surface area (Å²) in [6.45, 7) is 0. The Morgan fingerprint density at radius 1 is 1.21 bits per heavy atom. The molecule has 0 bridgehead atoms. The second-order valence-electron chi connectivity index (χ2n) is 5.35. The number of rotatable bonds is 3. The average molecular weight is 343 g/mol. The molecule has 0 saturated heterocycles. The summed E-state index contributed by atoms with van der Waals surface area (Å²) < 4.78 is 7.55. The number of fused-ring (bicyclic) bond motifs is 1. The van der Waals surface area contributed by atoms with E-state index in [0.29, 0.717) is 16.7 Å². The molecule has 24 heavy (non-hydrogen) atoms. The average Bonchev–Trinajstić information content (AvgIpc) is 2.92. The third kappa shape index (κ3) is 2.67. The molecular weight excluding hydrogens is 324 g/mol. The number of nitrogens with zero attached hydrogens (tertiary/aromatic N) is 3. The highest BCUT2D eigenvalue weighted by Gasteiger charge is 2.21. The molecule has 0 aliphatic carbocycles. The van der Waals surface area contributed by atoms with Gasteiger partial charge in [0.25, 0.3) is 0 Å². The van der Waals surface area contributed by atoms with Gasteiger partial charge in [0.05, 0.1) is 12.8 Å². The highest BCUT2D eigenvalue weighted by atomic mass is 35.5. The number of nitrogens with two attached hydrogens (primary N) is 1. The first kappa shape index (κ1) is 16.2. The summed E-state index contributed by atoms with van der Waals surface area (Å²) in [6.07, 6.45) is 0. The van der Waals surface area contributed by atoms with Crippen LogP contribution in [0.5, 0.6) is 5.75 Å². The standard InChI is InChI=1S/C18H19ClN4O/c1-21-18(20)23(15-11-13(19)8-9-16(15)24-3)17-10-12-6-4-5-7-14(12)22(17)2/h4-11H,1-3H3,(H2,20,21). The summed E-state index contributed by atoms with van der Waals surface area (Å²) in [4.78, 5) is 6.00.